The molecule has 0 saturated carbocycles. The first kappa shape index (κ1) is 16.1. The summed E-state index contributed by atoms with van der Waals surface area (Å²) in [6.45, 7) is 6.12. The van der Waals surface area contributed by atoms with E-state index < -0.39 is 11.7 Å². The molecule has 0 amide bonds. The van der Waals surface area contributed by atoms with Crippen molar-refractivity contribution in [2.24, 2.45) is 5.92 Å². The molecule has 1 atom stereocenters. The number of nitrogens with zero attached hydrogens (tertiary/aromatic N) is 1. The summed E-state index contributed by atoms with van der Waals surface area (Å²) in [5.41, 5.74) is -0.786. The molecule has 1 aromatic rings. The van der Waals surface area contributed by atoms with Gasteiger partial charge in [0.15, 0.2) is 0 Å². The normalized spacial score (nSPS) is 13.7. The van der Waals surface area contributed by atoms with E-state index >= 15 is 0 Å². The summed E-state index contributed by atoms with van der Waals surface area (Å²) in [7, 11) is 0. The van der Waals surface area contributed by atoms with Crippen LogP contribution in [-0.2, 0) is 6.18 Å². The number of aromatic nitrogens is 1. The van der Waals surface area contributed by atoms with Crippen molar-refractivity contribution in [1.29, 1.82) is 0 Å². The maximum atomic E-state index is 12.6. The van der Waals surface area contributed by atoms with Crippen molar-refractivity contribution >= 4 is 17.4 Å². The maximum Gasteiger partial charge on any atom is 0.416 e. The number of halogens is 4. The minimum absolute atomic E-state index is 0.0504. The molecule has 0 fully saturated rings. The molecule has 0 aliphatic heterocycles. The van der Waals surface area contributed by atoms with Gasteiger partial charge in [-0.05, 0) is 37.8 Å². The van der Waals surface area contributed by atoms with Crippen molar-refractivity contribution in [3.63, 3.8) is 0 Å². The zero-order chi connectivity index (χ0) is 14.6. The maximum absolute atomic E-state index is 12.6. The van der Waals surface area contributed by atoms with Gasteiger partial charge in [-0.15, -0.1) is 0 Å². The molecule has 0 aromatic carbocycles. The predicted molar refractivity (Wildman–Crippen MR) is 71.4 cm³/mol. The second kappa shape index (κ2) is 6.46. The second-order valence-corrected chi connectivity index (χ2v) is 5.47. The highest BCUT2D eigenvalue weighted by molar-refractivity contribution is 6.29. The van der Waals surface area contributed by atoms with Crippen LogP contribution in [0.2, 0.25) is 5.15 Å². The van der Waals surface area contributed by atoms with Gasteiger partial charge in [-0.2, -0.15) is 13.2 Å². The fraction of sp³-hybridized carbons (Fsp3) is 0.615. The summed E-state index contributed by atoms with van der Waals surface area (Å²) >= 11 is 5.62. The summed E-state index contributed by atoms with van der Waals surface area (Å²) in [6.07, 6.45) is -2.54. The highest BCUT2D eigenvalue weighted by Gasteiger charge is 2.31. The molecule has 0 radical (unpaired) electrons. The summed E-state index contributed by atoms with van der Waals surface area (Å²) < 4.78 is 37.9. The van der Waals surface area contributed by atoms with E-state index in [-0.39, 0.29) is 17.0 Å². The van der Waals surface area contributed by atoms with Crippen molar-refractivity contribution in [1.82, 2.24) is 4.98 Å². The van der Waals surface area contributed by atoms with Crippen molar-refractivity contribution in [3.05, 3.63) is 22.8 Å². The summed E-state index contributed by atoms with van der Waals surface area (Å²) in [6, 6.07) is 1.86. The second-order valence-electron chi connectivity index (χ2n) is 5.08. The van der Waals surface area contributed by atoms with E-state index in [1.165, 1.54) is 0 Å². The van der Waals surface area contributed by atoms with Crippen LogP contribution in [0, 0.1) is 5.92 Å². The average molecular weight is 295 g/mol. The molecule has 1 unspecified atom stereocenters. The van der Waals surface area contributed by atoms with Gasteiger partial charge in [0.05, 0.1) is 5.56 Å². The molecule has 0 aliphatic rings. The number of hydrogen-bond acceptors (Lipinski definition) is 2. The Morgan fingerprint density at radius 1 is 1.21 bits per heavy atom. The van der Waals surface area contributed by atoms with Gasteiger partial charge in [0.1, 0.15) is 11.0 Å². The van der Waals surface area contributed by atoms with Crippen LogP contribution < -0.4 is 5.32 Å². The fourth-order valence-electron chi connectivity index (χ4n) is 1.64. The zero-order valence-electron chi connectivity index (χ0n) is 11.2. The number of rotatable bonds is 5. The molecule has 1 rings (SSSR count). The molecule has 19 heavy (non-hydrogen) atoms. The lowest BCUT2D eigenvalue weighted by atomic mass is 10.0. The van der Waals surface area contributed by atoms with Crippen LogP contribution >= 0.6 is 11.6 Å². The molecule has 2 nitrogen and oxygen atoms in total. The first-order valence-electron chi connectivity index (χ1n) is 6.20. The lowest BCUT2D eigenvalue weighted by molar-refractivity contribution is -0.137. The number of pyridine rings is 1. The molecule has 1 aromatic heterocycles. The van der Waals surface area contributed by atoms with Gasteiger partial charge in [0, 0.05) is 6.04 Å². The molecule has 6 heteroatoms. The lowest BCUT2D eigenvalue weighted by Crippen LogP contribution is -2.17. The molecule has 1 N–H and O–H groups in total. The molecule has 0 aliphatic carbocycles. The number of alkyl halides is 3. The lowest BCUT2D eigenvalue weighted by Gasteiger charge is -2.17. The predicted octanol–water partition coefficient (Wildman–Crippen LogP) is 4.99. The molecule has 0 saturated heterocycles. The highest BCUT2D eigenvalue weighted by atomic mass is 35.5. The van der Waals surface area contributed by atoms with E-state index in [0.717, 1.165) is 25.0 Å². The Balaban J connectivity index is 2.76. The fourth-order valence-corrected chi connectivity index (χ4v) is 1.85. The number of anilines is 1. The Morgan fingerprint density at radius 3 is 2.37 bits per heavy atom. The highest BCUT2D eigenvalue weighted by Crippen LogP contribution is 2.32. The number of hydrogen-bond donors (Lipinski definition) is 1. The van der Waals surface area contributed by atoms with E-state index in [1.807, 2.05) is 6.92 Å². The van der Waals surface area contributed by atoms with Crippen molar-refractivity contribution in [3.8, 4) is 0 Å². The Bertz CT molecular complexity index is 419. The monoisotopic (exact) mass is 294 g/mol. The molecule has 0 spiro atoms. The van der Waals surface area contributed by atoms with Gasteiger partial charge < -0.3 is 5.32 Å². The summed E-state index contributed by atoms with van der Waals surface area (Å²) in [5, 5.41) is 2.80. The summed E-state index contributed by atoms with van der Waals surface area (Å²) in [5.74, 6) is 0.721. The van der Waals surface area contributed by atoms with Gasteiger partial charge in [0.2, 0.25) is 0 Å². The Labute approximate surface area is 116 Å². The standard InChI is InChI=1S/C13H18ClF3N2/c1-8(2)4-5-9(3)18-12-7-10(13(15,16)17)6-11(14)19-12/h6-9H,4-5H2,1-3H3,(H,18,19). The third-order valence-electron chi connectivity index (χ3n) is 2.69. The Hall–Kier alpha value is -0.970. The molecular weight excluding hydrogens is 277 g/mol. The van der Waals surface area contributed by atoms with Crippen molar-refractivity contribution in [2.45, 2.75) is 45.8 Å². The SMILES string of the molecule is CC(C)CCC(C)Nc1cc(C(F)(F)F)cc(Cl)n1. The molecular formula is C13H18ClF3N2. The molecule has 108 valence electrons. The minimum atomic E-state index is -4.41. The van der Waals surface area contributed by atoms with E-state index in [1.54, 1.807) is 0 Å². The van der Waals surface area contributed by atoms with E-state index in [9.17, 15) is 13.2 Å². The third-order valence-corrected chi connectivity index (χ3v) is 2.89. The van der Waals surface area contributed by atoms with Crippen molar-refractivity contribution in [2.75, 3.05) is 5.32 Å². The third kappa shape index (κ3) is 5.68. The first-order chi connectivity index (χ1) is 8.68. The van der Waals surface area contributed by atoms with Crippen LogP contribution in [0.5, 0.6) is 0 Å². The minimum Gasteiger partial charge on any atom is -0.368 e. The van der Waals surface area contributed by atoms with Gasteiger partial charge in [-0.25, -0.2) is 4.98 Å². The van der Waals surface area contributed by atoms with E-state index in [4.69, 9.17) is 11.6 Å². The summed E-state index contributed by atoms with van der Waals surface area (Å²) in [4.78, 5) is 3.87. The zero-order valence-corrected chi connectivity index (χ0v) is 11.9. The van der Waals surface area contributed by atoms with Gasteiger partial charge in [0.25, 0.3) is 0 Å². The van der Waals surface area contributed by atoms with Crippen LogP contribution in [0.1, 0.15) is 39.2 Å². The Morgan fingerprint density at radius 2 is 1.84 bits per heavy atom. The average Bonchev–Trinajstić information content (AvgIpc) is 2.24. The van der Waals surface area contributed by atoms with Crippen LogP contribution in [0.25, 0.3) is 0 Å². The quantitative estimate of drug-likeness (QED) is 0.774. The smallest absolute Gasteiger partial charge is 0.368 e. The van der Waals surface area contributed by atoms with Crippen LogP contribution in [0.15, 0.2) is 12.1 Å². The topological polar surface area (TPSA) is 24.9 Å². The first-order valence-corrected chi connectivity index (χ1v) is 6.57. The van der Waals surface area contributed by atoms with Crippen LogP contribution in [0.4, 0.5) is 19.0 Å². The molecule has 0 bridgehead atoms. The van der Waals surface area contributed by atoms with E-state index in [0.29, 0.717) is 5.92 Å². The molecule has 1 heterocycles. The van der Waals surface area contributed by atoms with E-state index in [2.05, 4.69) is 24.1 Å². The Kier molecular flexibility index (Phi) is 5.47. The van der Waals surface area contributed by atoms with Gasteiger partial charge >= 0.3 is 6.18 Å². The number of nitrogens with one attached hydrogen (secondary N) is 1. The van der Waals surface area contributed by atoms with Gasteiger partial charge in [-0.1, -0.05) is 25.4 Å². The van der Waals surface area contributed by atoms with Crippen LogP contribution in [0.3, 0.4) is 0 Å². The largest absolute Gasteiger partial charge is 0.416 e. The van der Waals surface area contributed by atoms with Crippen molar-refractivity contribution < 1.29 is 13.2 Å². The van der Waals surface area contributed by atoms with Gasteiger partial charge in [-0.3, -0.25) is 0 Å². The van der Waals surface area contributed by atoms with Crippen LogP contribution in [-0.4, -0.2) is 11.0 Å².